The van der Waals surface area contributed by atoms with Gasteiger partial charge in [-0.1, -0.05) is 42.5 Å². The monoisotopic (exact) mass is 550 g/mol. The molecule has 5 aliphatic heterocycles. The van der Waals surface area contributed by atoms with Crippen molar-refractivity contribution in [3.05, 3.63) is 71.5 Å². The number of benzene rings is 1. The van der Waals surface area contributed by atoms with E-state index < -0.39 is 5.60 Å². The van der Waals surface area contributed by atoms with Crippen LogP contribution in [0.25, 0.3) is 10.9 Å². The molecular formula is C36H46N4O. The van der Waals surface area contributed by atoms with Crippen molar-refractivity contribution in [1.82, 2.24) is 14.8 Å². The lowest BCUT2D eigenvalue weighted by molar-refractivity contribution is -0.0948. The molecule has 2 fully saturated rings. The topological polar surface area (TPSA) is 54.9 Å². The number of piperidine rings is 1. The molecule has 6 aliphatic rings. The second-order valence-corrected chi connectivity index (χ2v) is 13.8. The molecule has 216 valence electrons. The summed E-state index contributed by atoms with van der Waals surface area (Å²) in [5, 5.41) is 14.4. The van der Waals surface area contributed by atoms with Crippen molar-refractivity contribution in [2.45, 2.75) is 88.3 Å². The van der Waals surface area contributed by atoms with E-state index in [9.17, 15) is 5.11 Å². The highest BCUT2D eigenvalue weighted by Crippen LogP contribution is 2.60. The minimum Gasteiger partial charge on any atom is -0.384 e. The number of para-hydroxylation sites is 1. The molecule has 0 amide bonds. The number of hydrogen-bond donors (Lipinski definition) is 2. The van der Waals surface area contributed by atoms with Crippen LogP contribution in [0, 0.1) is 11.3 Å². The van der Waals surface area contributed by atoms with Gasteiger partial charge in [-0.25, -0.2) is 0 Å². The van der Waals surface area contributed by atoms with Gasteiger partial charge in [-0.15, -0.1) is 0 Å². The van der Waals surface area contributed by atoms with Gasteiger partial charge in [0.05, 0.1) is 23.0 Å². The number of nitrogens with one attached hydrogen (secondary N) is 1. The van der Waals surface area contributed by atoms with Gasteiger partial charge in [-0.05, 0) is 119 Å². The summed E-state index contributed by atoms with van der Waals surface area (Å²) < 4.78 is 0. The van der Waals surface area contributed by atoms with E-state index in [-0.39, 0.29) is 11.5 Å². The fourth-order valence-corrected chi connectivity index (χ4v) is 9.85. The summed E-state index contributed by atoms with van der Waals surface area (Å²) in [6, 6.07) is 9.32. The molecule has 1 aliphatic carbocycles. The molecule has 1 unspecified atom stereocenters. The molecule has 1 spiro atoms. The highest BCUT2D eigenvalue weighted by Gasteiger charge is 2.65. The van der Waals surface area contributed by atoms with Crippen LogP contribution < -0.4 is 0 Å². The van der Waals surface area contributed by atoms with E-state index in [0.29, 0.717) is 12.0 Å². The van der Waals surface area contributed by atoms with Crippen molar-refractivity contribution in [2.24, 2.45) is 16.3 Å². The number of nitrogens with zero attached hydrogens (tertiary/aromatic N) is 3. The van der Waals surface area contributed by atoms with E-state index in [1.165, 1.54) is 66.4 Å². The first kappa shape index (κ1) is 26.2. The maximum absolute atomic E-state index is 13.1. The van der Waals surface area contributed by atoms with Gasteiger partial charge in [0, 0.05) is 35.4 Å². The maximum atomic E-state index is 13.1. The van der Waals surface area contributed by atoms with Crippen LogP contribution in [-0.4, -0.2) is 76.0 Å². The quantitative estimate of drug-likeness (QED) is 0.416. The zero-order chi connectivity index (χ0) is 27.4. The third-order valence-corrected chi connectivity index (χ3v) is 11.4. The second kappa shape index (κ2) is 10.4. The predicted molar refractivity (Wildman–Crippen MR) is 168 cm³/mol. The largest absolute Gasteiger partial charge is 0.384 e. The Hall–Kier alpha value is -2.47. The Morgan fingerprint density at radius 3 is 2.76 bits per heavy atom. The van der Waals surface area contributed by atoms with Crippen LogP contribution in [0.15, 0.2) is 65.2 Å². The number of aromatic amines is 1. The maximum Gasteiger partial charge on any atom is 0.0998 e. The summed E-state index contributed by atoms with van der Waals surface area (Å²) in [5.74, 6) is 0.419. The summed E-state index contributed by atoms with van der Waals surface area (Å²) in [5.41, 5.74) is 5.48. The predicted octanol–water partition coefficient (Wildman–Crippen LogP) is 6.20. The van der Waals surface area contributed by atoms with Gasteiger partial charge in [0.25, 0.3) is 0 Å². The van der Waals surface area contributed by atoms with Crippen molar-refractivity contribution in [3.63, 3.8) is 0 Å². The van der Waals surface area contributed by atoms with Crippen LogP contribution in [0.3, 0.4) is 0 Å². The van der Waals surface area contributed by atoms with Crippen LogP contribution >= 0.6 is 0 Å². The number of aliphatic imine (C=N–C) groups is 1. The Morgan fingerprint density at radius 1 is 0.951 bits per heavy atom. The minimum absolute atomic E-state index is 0.0281. The van der Waals surface area contributed by atoms with E-state index in [2.05, 4.69) is 69.4 Å². The highest BCUT2D eigenvalue weighted by molar-refractivity contribution is 6.16. The average Bonchev–Trinajstić information content (AvgIpc) is 3.49. The third-order valence-electron chi connectivity index (χ3n) is 11.4. The molecule has 2 saturated heterocycles. The van der Waals surface area contributed by atoms with Gasteiger partial charge >= 0.3 is 0 Å². The SMILES string of the molecule is O[C@]12C=C(C3=NCCc4c3[nH]c3ccccc43)[C@@H]3CCN(CCCC/C=C/CC1)C[C@@]31C[C@@H]3C=CCCCCN3[C@H]12. The minimum atomic E-state index is -0.874. The second-order valence-electron chi connectivity index (χ2n) is 13.8. The third kappa shape index (κ3) is 4.25. The Labute approximate surface area is 245 Å². The fourth-order valence-electron chi connectivity index (χ4n) is 9.85. The number of aromatic nitrogens is 1. The molecule has 2 aromatic rings. The van der Waals surface area contributed by atoms with E-state index in [0.717, 1.165) is 70.4 Å². The lowest BCUT2D eigenvalue weighted by Crippen LogP contribution is -2.66. The van der Waals surface area contributed by atoms with Crippen molar-refractivity contribution >= 4 is 16.6 Å². The molecule has 2 N–H and O–H groups in total. The van der Waals surface area contributed by atoms with Crippen LogP contribution in [0.2, 0.25) is 0 Å². The van der Waals surface area contributed by atoms with Crippen molar-refractivity contribution in [3.8, 4) is 0 Å². The summed E-state index contributed by atoms with van der Waals surface area (Å²) in [6.07, 6.45) is 24.4. The summed E-state index contributed by atoms with van der Waals surface area (Å²) in [7, 11) is 0. The van der Waals surface area contributed by atoms with Crippen molar-refractivity contribution < 1.29 is 5.11 Å². The number of H-pyrrole nitrogens is 1. The molecular weight excluding hydrogens is 504 g/mol. The van der Waals surface area contributed by atoms with Gasteiger partial charge in [0.1, 0.15) is 0 Å². The number of aliphatic hydroxyl groups is 1. The molecule has 0 radical (unpaired) electrons. The smallest absolute Gasteiger partial charge is 0.0998 e. The van der Waals surface area contributed by atoms with Crippen LogP contribution in [0.1, 0.15) is 75.5 Å². The van der Waals surface area contributed by atoms with Crippen molar-refractivity contribution in [2.75, 3.05) is 32.7 Å². The van der Waals surface area contributed by atoms with Crippen LogP contribution in [0.5, 0.6) is 0 Å². The normalized spacial score (nSPS) is 38.3. The van der Waals surface area contributed by atoms with E-state index >= 15 is 0 Å². The number of hydrogen-bond acceptors (Lipinski definition) is 4. The van der Waals surface area contributed by atoms with Gasteiger partial charge < -0.3 is 15.0 Å². The van der Waals surface area contributed by atoms with Crippen molar-refractivity contribution in [1.29, 1.82) is 0 Å². The fraction of sp³-hybridized carbons (Fsp3) is 0.583. The first-order valence-electron chi connectivity index (χ1n) is 16.6. The highest BCUT2D eigenvalue weighted by atomic mass is 16.3. The molecule has 6 atom stereocenters. The molecule has 5 nitrogen and oxygen atoms in total. The first-order chi connectivity index (χ1) is 20.2. The molecule has 1 aromatic heterocycles. The first-order valence-corrected chi connectivity index (χ1v) is 16.6. The standard InChI is InChI=1S/C36H46N4O/c41-36-18-10-4-1-2-5-11-20-39-22-17-30(35(25-39)23-26-13-7-3-6-12-21-40(26)34(35)36)29(24-36)32-33-28(16-19-37-32)27-14-8-9-15-31(27)38-33/h1,4,7-9,13-15,24,26,30,34,38,41H,2-3,5-6,10-12,16-23,25H2/b4-1+,13-7?/t26-,30-,34+,35-,36-/m0/s1. The van der Waals surface area contributed by atoms with E-state index in [4.69, 9.17) is 4.99 Å². The number of fused-ring (bicyclic) bond motifs is 5. The van der Waals surface area contributed by atoms with E-state index in [1.54, 1.807) is 0 Å². The molecule has 6 heterocycles. The lowest BCUT2D eigenvalue weighted by Gasteiger charge is -2.58. The average molecular weight is 551 g/mol. The Balaban J connectivity index is 1.31. The molecule has 5 heteroatoms. The van der Waals surface area contributed by atoms with Gasteiger partial charge in [-0.2, -0.15) is 0 Å². The Kier molecular flexibility index (Phi) is 6.61. The van der Waals surface area contributed by atoms with E-state index in [1.807, 2.05) is 0 Å². The van der Waals surface area contributed by atoms with Gasteiger partial charge in [-0.3, -0.25) is 9.89 Å². The zero-order valence-corrected chi connectivity index (χ0v) is 24.5. The number of rotatable bonds is 1. The zero-order valence-electron chi connectivity index (χ0n) is 24.5. The Bertz CT molecular complexity index is 1430. The van der Waals surface area contributed by atoms with Crippen LogP contribution in [-0.2, 0) is 6.42 Å². The Morgan fingerprint density at radius 2 is 1.80 bits per heavy atom. The summed E-state index contributed by atoms with van der Waals surface area (Å²) in [6.45, 7) is 5.36. The lowest BCUT2D eigenvalue weighted by atomic mass is 9.54. The van der Waals surface area contributed by atoms with Crippen LogP contribution in [0.4, 0.5) is 0 Å². The summed E-state index contributed by atoms with van der Waals surface area (Å²) >= 11 is 0. The van der Waals surface area contributed by atoms with Gasteiger partial charge in [0.2, 0.25) is 0 Å². The summed E-state index contributed by atoms with van der Waals surface area (Å²) in [4.78, 5) is 14.6. The molecule has 41 heavy (non-hydrogen) atoms. The number of allylic oxidation sites excluding steroid dienone is 4. The molecule has 0 saturated carbocycles. The molecule has 8 rings (SSSR count). The molecule has 3 bridgehead atoms. The molecule has 1 aromatic carbocycles. The van der Waals surface area contributed by atoms with Gasteiger partial charge in [0.15, 0.2) is 0 Å².